The second-order valence-electron chi connectivity index (χ2n) is 6.10. The first-order valence-corrected chi connectivity index (χ1v) is 8.67. The number of carboxylic acid groups (broad SMARTS) is 1. The van der Waals surface area contributed by atoms with E-state index in [1.807, 2.05) is 13.0 Å². The number of rotatable bonds is 2. The first-order valence-electron chi connectivity index (χ1n) is 8.29. The Balaban J connectivity index is 0.000000166. The lowest BCUT2D eigenvalue weighted by atomic mass is 10.1. The maximum absolute atomic E-state index is 13.4. The van der Waals surface area contributed by atoms with Crippen LogP contribution in [0.3, 0.4) is 0 Å². The van der Waals surface area contributed by atoms with Crippen LogP contribution in [0.5, 0.6) is 0 Å². The van der Waals surface area contributed by atoms with Gasteiger partial charge in [0.25, 0.3) is 0 Å². The predicted molar refractivity (Wildman–Crippen MR) is 105 cm³/mol. The van der Waals surface area contributed by atoms with Crippen molar-refractivity contribution in [2.45, 2.75) is 6.92 Å². The van der Waals surface area contributed by atoms with Crippen molar-refractivity contribution >= 4 is 45.3 Å². The summed E-state index contributed by atoms with van der Waals surface area (Å²) in [4.78, 5) is 27.5. The molecule has 0 aliphatic rings. The number of aromatic nitrogens is 2. The Bertz CT molecular complexity index is 1250. The van der Waals surface area contributed by atoms with E-state index < -0.39 is 29.1 Å². The summed E-state index contributed by atoms with van der Waals surface area (Å²) in [5.41, 5.74) is 1.65. The largest absolute Gasteiger partial charge is 0.478 e. The minimum atomic E-state index is -1.48. The summed E-state index contributed by atoms with van der Waals surface area (Å²) >= 11 is 6.11. The number of methoxy groups -OCH3 is 1. The molecular formula is C20H15ClF2N2O4. The van der Waals surface area contributed by atoms with Gasteiger partial charge in [0.2, 0.25) is 0 Å². The molecule has 9 heteroatoms. The van der Waals surface area contributed by atoms with Crippen molar-refractivity contribution in [3.63, 3.8) is 0 Å². The zero-order chi connectivity index (χ0) is 21.3. The number of fused-ring (bicyclic) bond motifs is 2. The number of halogens is 3. The van der Waals surface area contributed by atoms with Gasteiger partial charge in [-0.1, -0.05) is 11.6 Å². The van der Waals surface area contributed by atoms with E-state index in [0.29, 0.717) is 16.7 Å². The van der Waals surface area contributed by atoms with Gasteiger partial charge in [-0.3, -0.25) is 0 Å². The van der Waals surface area contributed by atoms with Gasteiger partial charge in [0.15, 0.2) is 0 Å². The van der Waals surface area contributed by atoms with Crippen LogP contribution in [0.2, 0.25) is 5.02 Å². The lowest BCUT2D eigenvalue weighted by Gasteiger charge is -2.05. The van der Waals surface area contributed by atoms with Crippen LogP contribution in [0.25, 0.3) is 21.8 Å². The zero-order valence-electron chi connectivity index (χ0n) is 15.3. The maximum Gasteiger partial charge on any atom is 0.339 e. The Morgan fingerprint density at radius 2 is 1.66 bits per heavy atom. The number of ether oxygens (including phenoxy) is 1. The highest BCUT2D eigenvalue weighted by Crippen LogP contribution is 2.29. The second kappa shape index (κ2) is 7.92. The SMILES string of the molecule is COC(=O)c1cc(C)c2[nH]ccc2c1Cl.O=C(O)c1cc(F)c2[nH]ccc2c1F. The van der Waals surface area contributed by atoms with E-state index in [-0.39, 0.29) is 10.9 Å². The number of aryl methyl sites for hydroxylation is 1. The molecule has 29 heavy (non-hydrogen) atoms. The van der Waals surface area contributed by atoms with Gasteiger partial charge in [-0.2, -0.15) is 0 Å². The van der Waals surface area contributed by atoms with Gasteiger partial charge in [0.05, 0.1) is 28.8 Å². The third-order valence-electron chi connectivity index (χ3n) is 4.34. The fraction of sp³-hybridized carbons (Fsp3) is 0.100. The van der Waals surface area contributed by atoms with E-state index in [1.165, 1.54) is 19.4 Å². The quantitative estimate of drug-likeness (QED) is 0.395. The van der Waals surface area contributed by atoms with E-state index in [4.69, 9.17) is 16.7 Å². The summed E-state index contributed by atoms with van der Waals surface area (Å²) in [6, 6.07) is 5.53. The Labute approximate surface area is 168 Å². The number of aromatic carboxylic acids is 1. The molecule has 0 bridgehead atoms. The van der Waals surface area contributed by atoms with Crippen LogP contribution in [-0.4, -0.2) is 34.1 Å². The van der Waals surface area contributed by atoms with E-state index in [0.717, 1.165) is 16.5 Å². The number of nitrogens with one attached hydrogen (secondary N) is 2. The van der Waals surface area contributed by atoms with E-state index >= 15 is 0 Å². The van der Waals surface area contributed by atoms with Gasteiger partial charge in [0, 0.05) is 28.7 Å². The van der Waals surface area contributed by atoms with Crippen LogP contribution in [0.4, 0.5) is 8.78 Å². The van der Waals surface area contributed by atoms with Crippen molar-refractivity contribution in [3.05, 3.63) is 70.0 Å². The molecule has 150 valence electrons. The molecule has 0 saturated heterocycles. The molecule has 3 N–H and O–H groups in total. The number of hydrogen-bond donors (Lipinski definition) is 3. The van der Waals surface area contributed by atoms with Gasteiger partial charge in [-0.15, -0.1) is 0 Å². The van der Waals surface area contributed by atoms with Crippen LogP contribution in [0, 0.1) is 18.6 Å². The summed E-state index contributed by atoms with van der Waals surface area (Å²) < 4.78 is 31.2. The first kappa shape index (κ1) is 20.3. The van der Waals surface area contributed by atoms with Gasteiger partial charge in [-0.25, -0.2) is 18.4 Å². The van der Waals surface area contributed by atoms with Gasteiger partial charge in [0.1, 0.15) is 11.6 Å². The van der Waals surface area contributed by atoms with Crippen LogP contribution < -0.4 is 0 Å². The minimum absolute atomic E-state index is 0.0208. The number of hydrogen-bond acceptors (Lipinski definition) is 3. The van der Waals surface area contributed by atoms with Crippen LogP contribution >= 0.6 is 11.6 Å². The number of benzene rings is 2. The average Bonchev–Trinajstić information content (AvgIpc) is 3.37. The molecule has 0 atom stereocenters. The molecular weight excluding hydrogens is 406 g/mol. The molecule has 0 amide bonds. The van der Waals surface area contributed by atoms with Crippen molar-refractivity contribution in [2.75, 3.05) is 7.11 Å². The van der Waals surface area contributed by atoms with Crippen molar-refractivity contribution in [3.8, 4) is 0 Å². The molecule has 0 aliphatic carbocycles. The highest BCUT2D eigenvalue weighted by molar-refractivity contribution is 6.38. The molecule has 0 fully saturated rings. The molecule has 6 nitrogen and oxygen atoms in total. The highest BCUT2D eigenvalue weighted by atomic mass is 35.5. The van der Waals surface area contributed by atoms with E-state index in [1.54, 1.807) is 12.3 Å². The molecule has 0 spiro atoms. The van der Waals surface area contributed by atoms with Gasteiger partial charge >= 0.3 is 11.9 Å². The monoisotopic (exact) mass is 420 g/mol. The number of carbonyl (C=O) groups excluding carboxylic acids is 1. The summed E-state index contributed by atoms with van der Waals surface area (Å²) in [5.74, 6) is -3.59. The topological polar surface area (TPSA) is 95.2 Å². The fourth-order valence-corrected chi connectivity index (χ4v) is 3.24. The second-order valence-corrected chi connectivity index (χ2v) is 6.48. The zero-order valence-corrected chi connectivity index (χ0v) is 16.0. The molecule has 2 heterocycles. The van der Waals surface area contributed by atoms with Crippen molar-refractivity contribution < 1.29 is 28.2 Å². The lowest BCUT2D eigenvalue weighted by molar-refractivity contribution is 0.0600. The number of carbonyl (C=O) groups is 2. The molecule has 0 aliphatic heterocycles. The summed E-state index contributed by atoms with van der Waals surface area (Å²) in [7, 11) is 1.34. The lowest BCUT2D eigenvalue weighted by Crippen LogP contribution is -2.02. The number of carboxylic acids is 1. The van der Waals surface area contributed by atoms with Gasteiger partial charge < -0.3 is 19.8 Å². The Hall–Kier alpha value is -3.39. The number of esters is 1. The normalized spacial score (nSPS) is 10.7. The Morgan fingerprint density at radius 3 is 2.28 bits per heavy atom. The summed E-state index contributed by atoms with van der Waals surface area (Å²) in [6.45, 7) is 1.92. The average molecular weight is 421 g/mol. The maximum atomic E-state index is 13.4. The van der Waals surface area contributed by atoms with Crippen LogP contribution in [0.1, 0.15) is 26.3 Å². The van der Waals surface area contributed by atoms with Crippen LogP contribution in [-0.2, 0) is 4.74 Å². The van der Waals surface area contributed by atoms with E-state index in [9.17, 15) is 18.4 Å². The van der Waals surface area contributed by atoms with E-state index in [2.05, 4.69) is 14.7 Å². The van der Waals surface area contributed by atoms with Crippen molar-refractivity contribution in [2.24, 2.45) is 0 Å². The molecule has 0 radical (unpaired) electrons. The molecule has 2 aromatic carbocycles. The third-order valence-corrected chi connectivity index (χ3v) is 4.75. The highest BCUT2D eigenvalue weighted by Gasteiger charge is 2.17. The smallest absolute Gasteiger partial charge is 0.339 e. The minimum Gasteiger partial charge on any atom is -0.478 e. The Morgan fingerprint density at radius 1 is 1.03 bits per heavy atom. The fourth-order valence-electron chi connectivity index (χ4n) is 2.95. The predicted octanol–water partition coefficient (Wildman–Crippen LogP) is 5.06. The summed E-state index contributed by atoms with van der Waals surface area (Å²) in [5, 5.41) is 9.80. The van der Waals surface area contributed by atoms with Crippen LogP contribution in [0.15, 0.2) is 36.7 Å². The molecule has 0 unspecified atom stereocenters. The third kappa shape index (κ3) is 3.66. The Kier molecular flexibility index (Phi) is 5.56. The first-order chi connectivity index (χ1) is 13.8. The molecule has 0 saturated carbocycles. The number of aromatic amines is 2. The van der Waals surface area contributed by atoms with Gasteiger partial charge in [-0.05, 0) is 36.8 Å². The molecule has 2 aromatic heterocycles. The molecule has 4 rings (SSSR count). The number of H-pyrrole nitrogens is 2. The molecule has 4 aromatic rings. The summed E-state index contributed by atoms with van der Waals surface area (Å²) in [6.07, 6.45) is 3.15. The van der Waals surface area contributed by atoms with Crippen molar-refractivity contribution in [1.82, 2.24) is 9.97 Å². The van der Waals surface area contributed by atoms with Crippen molar-refractivity contribution in [1.29, 1.82) is 0 Å². The standard InChI is InChI=1S/C11H10ClNO2.C9H5F2NO2/c1-6-5-8(11(14)15-2)9(12)7-3-4-13-10(6)7;10-6-3-5(9(13)14)7(11)4-1-2-12-8(4)6/h3-5,13H,1-2H3;1-3,12H,(H,13,14).